The second kappa shape index (κ2) is 4.96. The third-order valence-corrected chi connectivity index (χ3v) is 4.45. The summed E-state index contributed by atoms with van der Waals surface area (Å²) < 4.78 is 10.7. The minimum absolute atomic E-state index is 0.0113. The lowest BCUT2D eigenvalue weighted by Crippen LogP contribution is -2.35. The first-order valence-corrected chi connectivity index (χ1v) is 6.86. The monoisotopic (exact) mass is 266 g/mol. The summed E-state index contributed by atoms with van der Waals surface area (Å²) >= 11 is 0. The Labute approximate surface area is 111 Å². The number of aliphatic carboxylic acids is 1. The number of hydrogen-bond acceptors (Lipinski definition) is 4. The third-order valence-electron chi connectivity index (χ3n) is 4.45. The Hall–Kier alpha value is -1.36. The Bertz CT molecular complexity index is 410. The molecule has 5 nitrogen and oxygen atoms in total. The highest BCUT2D eigenvalue weighted by molar-refractivity contribution is 5.83. The Morgan fingerprint density at radius 3 is 2.63 bits per heavy atom. The maximum absolute atomic E-state index is 12.1. The van der Waals surface area contributed by atoms with E-state index in [0.717, 1.165) is 25.9 Å². The molecule has 5 heteroatoms. The lowest BCUT2D eigenvalue weighted by atomic mass is 9.83. The van der Waals surface area contributed by atoms with Crippen LogP contribution in [-0.2, 0) is 19.1 Å². The summed E-state index contributed by atoms with van der Waals surface area (Å²) in [7, 11) is 0. The molecule has 1 aliphatic heterocycles. The summed E-state index contributed by atoms with van der Waals surface area (Å²) in [6, 6.07) is 0. The summed E-state index contributed by atoms with van der Waals surface area (Å²) in [5.41, 5.74) is 0. The van der Waals surface area contributed by atoms with Gasteiger partial charge in [0.25, 0.3) is 0 Å². The molecule has 0 aromatic heterocycles. The smallest absolute Gasteiger partial charge is 0.310 e. The van der Waals surface area contributed by atoms with Crippen LogP contribution in [0.5, 0.6) is 0 Å². The van der Waals surface area contributed by atoms with Gasteiger partial charge < -0.3 is 14.6 Å². The molecule has 0 unspecified atom stereocenters. The number of carboxylic acid groups (broad SMARTS) is 1. The van der Waals surface area contributed by atoms with Gasteiger partial charge in [0.05, 0.1) is 17.9 Å². The highest BCUT2D eigenvalue weighted by Gasteiger charge is 2.52. The van der Waals surface area contributed by atoms with Crippen molar-refractivity contribution in [2.45, 2.75) is 25.4 Å². The minimum Gasteiger partial charge on any atom is -0.481 e. The van der Waals surface area contributed by atoms with Crippen LogP contribution < -0.4 is 0 Å². The first-order valence-electron chi connectivity index (χ1n) is 6.86. The summed E-state index contributed by atoms with van der Waals surface area (Å²) in [6.07, 6.45) is 6.54. The van der Waals surface area contributed by atoms with E-state index in [9.17, 15) is 14.7 Å². The fraction of sp³-hybridized carbons (Fsp3) is 0.714. The van der Waals surface area contributed by atoms with Crippen molar-refractivity contribution in [3.63, 3.8) is 0 Å². The second-order valence-electron chi connectivity index (χ2n) is 5.60. The number of hydrogen-bond donors (Lipinski definition) is 1. The van der Waals surface area contributed by atoms with Gasteiger partial charge in [0.15, 0.2) is 0 Å². The van der Waals surface area contributed by atoms with Gasteiger partial charge in [-0.3, -0.25) is 9.59 Å². The first kappa shape index (κ1) is 12.7. The molecule has 1 N–H and O–H groups in total. The van der Waals surface area contributed by atoms with Crippen molar-refractivity contribution in [3.8, 4) is 0 Å². The molecule has 2 bridgehead atoms. The van der Waals surface area contributed by atoms with Crippen molar-refractivity contribution in [1.82, 2.24) is 0 Å². The van der Waals surface area contributed by atoms with Crippen molar-refractivity contribution in [1.29, 1.82) is 0 Å². The zero-order valence-corrected chi connectivity index (χ0v) is 10.7. The highest BCUT2D eigenvalue weighted by Crippen LogP contribution is 2.48. The molecule has 0 aromatic carbocycles. The minimum atomic E-state index is -0.893. The quantitative estimate of drug-likeness (QED) is 0.612. The molecule has 3 aliphatic rings. The van der Waals surface area contributed by atoms with E-state index in [-0.39, 0.29) is 30.5 Å². The second-order valence-corrected chi connectivity index (χ2v) is 5.60. The third kappa shape index (κ3) is 2.27. The molecule has 0 aromatic rings. The van der Waals surface area contributed by atoms with Gasteiger partial charge in [-0.1, -0.05) is 12.2 Å². The van der Waals surface area contributed by atoms with Crippen molar-refractivity contribution < 1.29 is 24.2 Å². The number of carbonyl (C=O) groups is 2. The number of carboxylic acids is 1. The van der Waals surface area contributed by atoms with E-state index in [1.807, 2.05) is 12.2 Å². The summed E-state index contributed by atoms with van der Waals surface area (Å²) in [5.74, 6) is -2.39. The van der Waals surface area contributed by atoms with Gasteiger partial charge in [-0.2, -0.15) is 0 Å². The van der Waals surface area contributed by atoms with Crippen LogP contribution in [0.3, 0.4) is 0 Å². The highest BCUT2D eigenvalue weighted by atomic mass is 16.6. The molecule has 0 amide bonds. The van der Waals surface area contributed by atoms with Crippen molar-refractivity contribution in [3.05, 3.63) is 12.2 Å². The summed E-state index contributed by atoms with van der Waals surface area (Å²) in [5, 5.41) is 9.27. The molecular formula is C14H18O5. The van der Waals surface area contributed by atoms with Crippen LogP contribution in [0, 0.1) is 23.7 Å². The summed E-state index contributed by atoms with van der Waals surface area (Å²) in [4.78, 5) is 23.4. The van der Waals surface area contributed by atoms with Gasteiger partial charge in [0.1, 0.15) is 6.61 Å². The number of carbonyl (C=O) groups excluding carboxylic acids is 1. The normalized spacial score (nSPS) is 39.7. The van der Waals surface area contributed by atoms with Crippen LogP contribution >= 0.6 is 0 Å². The molecule has 2 fully saturated rings. The molecule has 104 valence electrons. The van der Waals surface area contributed by atoms with E-state index in [4.69, 9.17) is 9.47 Å². The van der Waals surface area contributed by atoms with Gasteiger partial charge >= 0.3 is 11.9 Å². The molecule has 5 atom stereocenters. The molecule has 2 aliphatic carbocycles. The lowest BCUT2D eigenvalue weighted by Gasteiger charge is -2.23. The molecule has 1 heterocycles. The molecule has 1 saturated carbocycles. The Morgan fingerprint density at radius 2 is 2.00 bits per heavy atom. The van der Waals surface area contributed by atoms with Crippen molar-refractivity contribution in [2.75, 3.05) is 13.2 Å². The fourth-order valence-corrected chi connectivity index (χ4v) is 3.53. The van der Waals surface area contributed by atoms with Gasteiger partial charge in [0, 0.05) is 6.61 Å². The Kier molecular flexibility index (Phi) is 3.31. The average molecular weight is 266 g/mol. The lowest BCUT2D eigenvalue weighted by molar-refractivity contribution is -0.160. The van der Waals surface area contributed by atoms with E-state index >= 15 is 0 Å². The maximum Gasteiger partial charge on any atom is 0.310 e. The van der Waals surface area contributed by atoms with Crippen LogP contribution in [-0.4, -0.2) is 36.4 Å². The van der Waals surface area contributed by atoms with Gasteiger partial charge in [-0.05, 0) is 31.1 Å². The zero-order chi connectivity index (χ0) is 13.4. The number of ether oxygens (including phenoxy) is 2. The number of fused-ring (bicyclic) bond motifs is 2. The molecule has 0 spiro atoms. The molecule has 1 saturated heterocycles. The largest absolute Gasteiger partial charge is 0.481 e. The molecule has 3 rings (SSSR count). The van der Waals surface area contributed by atoms with Crippen molar-refractivity contribution >= 4 is 11.9 Å². The van der Waals surface area contributed by atoms with Crippen LogP contribution in [0.2, 0.25) is 0 Å². The van der Waals surface area contributed by atoms with Gasteiger partial charge in [-0.25, -0.2) is 0 Å². The zero-order valence-electron chi connectivity index (χ0n) is 10.7. The van der Waals surface area contributed by atoms with E-state index in [1.54, 1.807) is 0 Å². The van der Waals surface area contributed by atoms with Crippen LogP contribution in [0.25, 0.3) is 0 Å². The number of esters is 1. The predicted octanol–water partition coefficient (Wildman–Crippen LogP) is 1.23. The number of rotatable bonds is 4. The topological polar surface area (TPSA) is 72.8 Å². The predicted molar refractivity (Wildman–Crippen MR) is 65.3 cm³/mol. The van der Waals surface area contributed by atoms with E-state index in [1.165, 1.54) is 0 Å². The Balaban J connectivity index is 1.62. The van der Waals surface area contributed by atoms with Gasteiger partial charge in [0.2, 0.25) is 0 Å². The molecule has 0 radical (unpaired) electrons. The fourth-order valence-electron chi connectivity index (χ4n) is 3.53. The first-order chi connectivity index (χ1) is 9.16. The van der Waals surface area contributed by atoms with E-state index in [0.29, 0.717) is 0 Å². The summed E-state index contributed by atoms with van der Waals surface area (Å²) in [6.45, 7) is 0.972. The maximum atomic E-state index is 12.1. The van der Waals surface area contributed by atoms with Crippen LogP contribution in [0.1, 0.15) is 19.3 Å². The standard InChI is InChI=1S/C14H18O5/c15-13(16)11-8-3-4-9(6-8)12(11)14(17)19-7-10-2-1-5-18-10/h3-4,8-12H,1-2,5-7H2,(H,15,16)/t8-,9-,10-,11+,12-/m0/s1. The SMILES string of the molecule is O=C(OC[C@@H]1CCCO1)[C@@H]1[C@H](C(=O)O)[C@H]2C=C[C@H]1C2. The van der Waals surface area contributed by atoms with Crippen molar-refractivity contribution in [2.24, 2.45) is 23.7 Å². The van der Waals surface area contributed by atoms with Crippen LogP contribution in [0.4, 0.5) is 0 Å². The Morgan fingerprint density at radius 1 is 1.26 bits per heavy atom. The van der Waals surface area contributed by atoms with E-state index < -0.39 is 17.8 Å². The number of allylic oxidation sites excluding steroid dienone is 2. The van der Waals surface area contributed by atoms with Crippen LogP contribution in [0.15, 0.2) is 12.2 Å². The van der Waals surface area contributed by atoms with Gasteiger partial charge in [-0.15, -0.1) is 0 Å². The van der Waals surface area contributed by atoms with E-state index in [2.05, 4.69) is 0 Å². The molecular weight excluding hydrogens is 248 g/mol. The molecule has 19 heavy (non-hydrogen) atoms. The average Bonchev–Trinajstić information content (AvgIpc) is 3.10.